The largest absolute Gasteiger partial charge is 0.0654 e. The molecule has 0 nitrogen and oxygen atoms in total. The fourth-order valence-corrected chi connectivity index (χ4v) is 3.88. The van der Waals surface area contributed by atoms with Crippen LogP contribution < -0.4 is 0 Å². The van der Waals surface area contributed by atoms with Crippen LogP contribution in [0.5, 0.6) is 0 Å². The van der Waals surface area contributed by atoms with Gasteiger partial charge < -0.3 is 0 Å². The smallest absolute Gasteiger partial charge is 0.0250 e. The zero-order chi connectivity index (χ0) is 16.2. The van der Waals surface area contributed by atoms with Crippen LogP contribution in [0.3, 0.4) is 0 Å². The van der Waals surface area contributed by atoms with Crippen LogP contribution in [-0.2, 0) is 12.8 Å². The monoisotopic (exact) mass is 302 g/mol. The van der Waals surface area contributed by atoms with E-state index in [4.69, 9.17) is 0 Å². The van der Waals surface area contributed by atoms with E-state index in [1.165, 1.54) is 64.2 Å². The third-order valence-electron chi connectivity index (χ3n) is 4.83. The number of benzene rings is 1. The second kappa shape index (κ2) is 11.7. The van der Waals surface area contributed by atoms with Crippen LogP contribution in [0.15, 0.2) is 24.3 Å². The first-order valence-electron chi connectivity index (χ1n) is 9.81. The van der Waals surface area contributed by atoms with Crippen molar-refractivity contribution in [2.45, 2.75) is 91.9 Å². The maximum Gasteiger partial charge on any atom is -0.0250 e. The van der Waals surface area contributed by atoms with Crippen molar-refractivity contribution in [3.8, 4) is 0 Å². The van der Waals surface area contributed by atoms with E-state index in [1.807, 2.05) is 0 Å². The molecule has 0 atom stereocenters. The highest BCUT2D eigenvalue weighted by atomic mass is 14.2. The molecule has 1 aromatic rings. The van der Waals surface area contributed by atoms with Gasteiger partial charge in [-0.2, -0.15) is 0 Å². The lowest BCUT2D eigenvalue weighted by atomic mass is 9.88. The molecule has 0 unspecified atom stereocenters. The minimum absolute atomic E-state index is 0.882. The van der Waals surface area contributed by atoms with Gasteiger partial charge in [-0.1, -0.05) is 103 Å². The summed E-state index contributed by atoms with van der Waals surface area (Å²) in [6.45, 7) is 9.27. The van der Waals surface area contributed by atoms with Gasteiger partial charge in [0.1, 0.15) is 0 Å². The van der Waals surface area contributed by atoms with Crippen molar-refractivity contribution in [1.82, 2.24) is 0 Å². The molecule has 0 bridgehead atoms. The Morgan fingerprint density at radius 1 is 0.636 bits per heavy atom. The Bertz CT molecular complexity index is 334. The van der Waals surface area contributed by atoms with E-state index in [1.54, 1.807) is 11.1 Å². The Kier molecular flexibility index (Phi) is 10.3. The zero-order valence-corrected chi connectivity index (χ0v) is 15.5. The normalized spacial score (nSPS) is 11.5. The summed E-state index contributed by atoms with van der Waals surface area (Å²) in [7, 11) is 0. The van der Waals surface area contributed by atoms with E-state index in [9.17, 15) is 0 Å². The maximum atomic E-state index is 2.50. The molecule has 1 aromatic carbocycles. The third kappa shape index (κ3) is 7.47. The van der Waals surface area contributed by atoms with Crippen LogP contribution in [0, 0.1) is 11.8 Å². The van der Waals surface area contributed by atoms with Crippen molar-refractivity contribution < 1.29 is 0 Å². The van der Waals surface area contributed by atoms with E-state index in [2.05, 4.69) is 52.0 Å². The number of hydrogen-bond acceptors (Lipinski definition) is 0. The molecule has 0 aliphatic heterocycles. The molecule has 0 aromatic heterocycles. The molecular weight excluding hydrogens is 264 g/mol. The summed E-state index contributed by atoms with van der Waals surface area (Å²) in [5.41, 5.74) is 3.13. The van der Waals surface area contributed by atoms with Crippen molar-refractivity contribution >= 4 is 0 Å². The lowest BCUT2D eigenvalue weighted by Gasteiger charge is -2.18. The average Bonchev–Trinajstić information content (AvgIpc) is 2.49. The molecule has 126 valence electrons. The van der Waals surface area contributed by atoms with Gasteiger partial charge in [-0.15, -0.1) is 0 Å². The second-order valence-electron chi connectivity index (χ2n) is 7.11. The van der Waals surface area contributed by atoms with Crippen molar-refractivity contribution in [3.63, 3.8) is 0 Å². The summed E-state index contributed by atoms with van der Waals surface area (Å²) in [5, 5.41) is 0. The van der Waals surface area contributed by atoms with Gasteiger partial charge in [0.2, 0.25) is 0 Å². The standard InChI is InChI=1S/C22H38/c1-5-10-19(11-6-2)16-21-14-9-15-22(18-21)17-20(12-7-3)13-8-4/h9,14-15,18-20H,5-8,10-13,16-17H2,1-4H3. The molecule has 0 aliphatic rings. The molecule has 0 saturated carbocycles. The van der Waals surface area contributed by atoms with Crippen LogP contribution >= 0.6 is 0 Å². The van der Waals surface area contributed by atoms with Gasteiger partial charge in [0.25, 0.3) is 0 Å². The van der Waals surface area contributed by atoms with Crippen LogP contribution in [0.25, 0.3) is 0 Å². The van der Waals surface area contributed by atoms with Gasteiger partial charge in [-0.3, -0.25) is 0 Å². The number of hydrogen-bond donors (Lipinski definition) is 0. The van der Waals surface area contributed by atoms with E-state index in [0.717, 1.165) is 11.8 Å². The summed E-state index contributed by atoms with van der Waals surface area (Å²) in [4.78, 5) is 0. The highest BCUT2D eigenvalue weighted by molar-refractivity contribution is 5.24. The summed E-state index contributed by atoms with van der Waals surface area (Å²) in [6.07, 6.45) is 13.4. The van der Waals surface area contributed by atoms with Crippen molar-refractivity contribution in [3.05, 3.63) is 35.4 Å². The summed E-state index contributed by atoms with van der Waals surface area (Å²) in [6, 6.07) is 9.47. The molecular formula is C22H38. The Labute approximate surface area is 139 Å². The van der Waals surface area contributed by atoms with Crippen LogP contribution in [0.4, 0.5) is 0 Å². The van der Waals surface area contributed by atoms with Crippen molar-refractivity contribution in [2.75, 3.05) is 0 Å². The SMILES string of the molecule is CCCC(CCC)Cc1cccc(CC(CCC)CCC)c1. The fourth-order valence-electron chi connectivity index (χ4n) is 3.88. The quantitative estimate of drug-likeness (QED) is 0.383. The Hall–Kier alpha value is -0.780. The summed E-state index contributed by atoms with van der Waals surface area (Å²) >= 11 is 0. The van der Waals surface area contributed by atoms with E-state index in [0.29, 0.717) is 0 Å². The van der Waals surface area contributed by atoms with E-state index in [-0.39, 0.29) is 0 Å². The van der Waals surface area contributed by atoms with Crippen molar-refractivity contribution in [1.29, 1.82) is 0 Å². The molecule has 0 heterocycles. The zero-order valence-electron chi connectivity index (χ0n) is 15.5. The molecule has 0 saturated heterocycles. The second-order valence-corrected chi connectivity index (χ2v) is 7.11. The van der Waals surface area contributed by atoms with Gasteiger partial charge in [0, 0.05) is 0 Å². The molecule has 22 heavy (non-hydrogen) atoms. The minimum Gasteiger partial charge on any atom is -0.0654 e. The highest BCUT2D eigenvalue weighted by Gasteiger charge is 2.11. The van der Waals surface area contributed by atoms with Crippen LogP contribution in [-0.4, -0.2) is 0 Å². The van der Waals surface area contributed by atoms with Crippen LogP contribution in [0.1, 0.15) is 90.2 Å². The molecule has 0 amide bonds. The first-order valence-corrected chi connectivity index (χ1v) is 9.81. The fraction of sp³-hybridized carbons (Fsp3) is 0.727. The van der Waals surface area contributed by atoms with Gasteiger partial charge >= 0.3 is 0 Å². The average molecular weight is 303 g/mol. The highest BCUT2D eigenvalue weighted by Crippen LogP contribution is 2.23. The summed E-state index contributed by atoms with van der Waals surface area (Å²) < 4.78 is 0. The van der Waals surface area contributed by atoms with Gasteiger partial charge in [-0.25, -0.2) is 0 Å². The molecule has 0 fully saturated rings. The maximum absolute atomic E-state index is 2.50. The minimum atomic E-state index is 0.882. The third-order valence-corrected chi connectivity index (χ3v) is 4.83. The van der Waals surface area contributed by atoms with Crippen LogP contribution in [0.2, 0.25) is 0 Å². The molecule has 0 radical (unpaired) electrons. The topological polar surface area (TPSA) is 0 Å². The predicted molar refractivity (Wildman–Crippen MR) is 100 cm³/mol. The summed E-state index contributed by atoms with van der Waals surface area (Å²) in [5.74, 6) is 1.76. The predicted octanol–water partition coefficient (Wildman–Crippen LogP) is 7.20. The lowest BCUT2D eigenvalue weighted by molar-refractivity contribution is 0.433. The Balaban J connectivity index is 2.67. The molecule has 1 rings (SSSR count). The van der Waals surface area contributed by atoms with Gasteiger partial charge in [0.05, 0.1) is 0 Å². The Morgan fingerprint density at radius 3 is 1.32 bits per heavy atom. The molecule has 0 N–H and O–H groups in total. The molecule has 0 spiro atoms. The number of rotatable bonds is 12. The van der Waals surface area contributed by atoms with Gasteiger partial charge in [-0.05, 0) is 35.8 Å². The van der Waals surface area contributed by atoms with Gasteiger partial charge in [0.15, 0.2) is 0 Å². The Morgan fingerprint density at radius 2 is 1.00 bits per heavy atom. The van der Waals surface area contributed by atoms with E-state index < -0.39 is 0 Å². The lowest BCUT2D eigenvalue weighted by Crippen LogP contribution is -2.07. The van der Waals surface area contributed by atoms with E-state index >= 15 is 0 Å². The van der Waals surface area contributed by atoms with Crippen molar-refractivity contribution in [2.24, 2.45) is 11.8 Å². The first-order chi connectivity index (χ1) is 10.7. The first kappa shape index (κ1) is 19.3. The molecule has 0 heteroatoms. The molecule has 0 aliphatic carbocycles.